The first-order chi connectivity index (χ1) is 7.29. The van der Waals surface area contributed by atoms with Crippen molar-refractivity contribution in [2.24, 2.45) is 0 Å². The van der Waals surface area contributed by atoms with Gasteiger partial charge in [0.1, 0.15) is 11.9 Å². The Labute approximate surface area is 92.3 Å². The molecule has 0 atom stereocenters. The molecule has 0 bridgehead atoms. The van der Waals surface area contributed by atoms with Gasteiger partial charge in [-0.05, 0) is 20.8 Å². The number of hydrogen-bond donors (Lipinski definition) is 1. The Morgan fingerprint density at radius 2 is 1.81 bits per heavy atom. The highest BCUT2D eigenvalue weighted by atomic mass is 16.6. The van der Waals surface area contributed by atoms with Crippen molar-refractivity contribution in [3.63, 3.8) is 0 Å². The van der Waals surface area contributed by atoms with Crippen LogP contribution in [0.25, 0.3) is 0 Å². The lowest BCUT2D eigenvalue weighted by atomic mass is 10.2. The Bertz CT molecular complexity index is 423. The van der Waals surface area contributed by atoms with Gasteiger partial charge in [-0.3, -0.25) is 0 Å². The van der Waals surface area contributed by atoms with Gasteiger partial charge in [0.25, 0.3) is 0 Å². The molecule has 0 spiro atoms. The predicted octanol–water partition coefficient (Wildman–Crippen LogP) is 1.13. The van der Waals surface area contributed by atoms with Gasteiger partial charge in [-0.2, -0.15) is 0 Å². The lowest BCUT2D eigenvalue weighted by molar-refractivity contribution is 0.00626. The molecule has 1 aromatic rings. The van der Waals surface area contributed by atoms with Crippen molar-refractivity contribution in [1.29, 1.82) is 0 Å². The average molecular weight is 224 g/mol. The minimum atomic E-state index is -1.22. The van der Waals surface area contributed by atoms with Crippen molar-refractivity contribution >= 4 is 11.9 Å². The molecule has 0 aliphatic rings. The summed E-state index contributed by atoms with van der Waals surface area (Å²) in [6, 6.07) is 1.08. The molecule has 1 aromatic heterocycles. The lowest BCUT2D eigenvalue weighted by Crippen LogP contribution is -2.24. The average Bonchev–Trinajstić information content (AvgIpc) is 2.15. The maximum atomic E-state index is 11.5. The third-order valence-electron chi connectivity index (χ3n) is 1.49. The Morgan fingerprint density at radius 3 is 2.31 bits per heavy atom. The number of carbonyl (C=O) groups excluding carboxylic acids is 1. The second-order valence-electron chi connectivity index (χ2n) is 4.10. The Kier molecular flexibility index (Phi) is 3.22. The first-order valence-corrected chi connectivity index (χ1v) is 4.58. The van der Waals surface area contributed by atoms with Crippen LogP contribution < -0.4 is 0 Å². The molecule has 6 heteroatoms. The number of rotatable bonds is 2. The SMILES string of the molecule is CC(C)(C)OC(=O)c1cc(C(=O)O)ncn1. The van der Waals surface area contributed by atoms with Crippen LogP contribution in [0.5, 0.6) is 0 Å². The van der Waals surface area contributed by atoms with E-state index >= 15 is 0 Å². The van der Waals surface area contributed by atoms with Gasteiger partial charge in [0.05, 0.1) is 0 Å². The maximum Gasteiger partial charge on any atom is 0.357 e. The molecule has 0 saturated heterocycles. The first-order valence-electron chi connectivity index (χ1n) is 4.58. The number of esters is 1. The van der Waals surface area contributed by atoms with Gasteiger partial charge in [0.2, 0.25) is 0 Å². The van der Waals surface area contributed by atoms with E-state index in [2.05, 4.69) is 9.97 Å². The molecular formula is C10H12N2O4. The number of ether oxygens (including phenoxy) is 1. The van der Waals surface area contributed by atoms with Crippen LogP contribution in [0.2, 0.25) is 0 Å². The summed E-state index contributed by atoms with van der Waals surface area (Å²) in [5, 5.41) is 8.68. The third kappa shape index (κ3) is 3.30. The fourth-order valence-corrected chi connectivity index (χ4v) is 0.916. The van der Waals surface area contributed by atoms with Crippen molar-refractivity contribution in [2.75, 3.05) is 0 Å². The van der Waals surface area contributed by atoms with E-state index in [1.165, 1.54) is 0 Å². The van der Waals surface area contributed by atoms with Crippen molar-refractivity contribution in [1.82, 2.24) is 9.97 Å². The van der Waals surface area contributed by atoms with Gasteiger partial charge in [-0.25, -0.2) is 19.6 Å². The molecule has 0 fully saturated rings. The largest absolute Gasteiger partial charge is 0.477 e. The van der Waals surface area contributed by atoms with E-state index < -0.39 is 17.5 Å². The summed E-state index contributed by atoms with van der Waals surface area (Å²) >= 11 is 0. The number of carboxylic acids is 1. The third-order valence-corrected chi connectivity index (χ3v) is 1.49. The van der Waals surface area contributed by atoms with Gasteiger partial charge in [0, 0.05) is 6.07 Å². The number of nitrogens with zero attached hydrogens (tertiary/aromatic N) is 2. The molecule has 16 heavy (non-hydrogen) atoms. The van der Waals surface area contributed by atoms with Crippen LogP contribution in [0.4, 0.5) is 0 Å². The van der Waals surface area contributed by atoms with Crippen molar-refractivity contribution in [2.45, 2.75) is 26.4 Å². The summed E-state index contributed by atoms with van der Waals surface area (Å²) in [6.45, 7) is 5.14. The summed E-state index contributed by atoms with van der Waals surface area (Å²) in [5.74, 6) is -1.88. The van der Waals surface area contributed by atoms with E-state index in [0.717, 1.165) is 12.4 Å². The summed E-state index contributed by atoms with van der Waals surface area (Å²) in [5.41, 5.74) is -0.955. The topological polar surface area (TPSA) is 89.4 Å². The fourth-order valence-electron chi connectivity index (χ4n) is 0.916. The smallest absolute Gasteiger partial charge is 0.357 e. The lowest BCUT2D eigenvalue weighted by Gasteiger charge is -2.18. The molecular weight excluding hydrogens is 212 g/mol. The summed E-state index contributed by atoms with van der Waals surface area (Å²) < 4.78 is 5.04. The van der Waals surface area contributed by atoms with Crippen LogP contribution in [0.15, 0.2) is 12.4 Å². The molecule has 0 unspecified atom stereocenters. The highest BCUT2D eigenvalue weighted by Gasteiger charge is 2.20. The van der Waals surface area contributed by atoms with Crippen molar-refractivity contribution in [3.05, 3.63) is 23.8 Å². The molecule has 86 valence electrons. The van der Waals surface area contributed by atoms with Crippen molar-refractivity contribution in [3.8, 4) is 0 Å². The Morgan fingerprint density at radius 1 is 1.25 bits per heavy atom. The van der Waals surface area contributed by atoms with E-state index in [9.17, 15) is 9.59 Å². The van der Waals surface area contributed by atoms with Crippen LogP contribution in [0, 0.1) is 0 Å². The maximum absolute atomic E-state index is 11.5. The van der Waals surface area contributed by atoms with E-state index in [-0.39, 0.29) is 11.4 Å². The number of aromatic nitrogens is 2. The van der Waals surface area contributed by atoms with Gasteiger partial charge in [-0.1, -0.05) is 0 Å². The number of hydrogen-bond acceptors (Lipinski definition) is 5. The van der Waals surface area contributed by atoms with E-state index in [4.69, 9.17) is 9.84 Å². The van der Waals surface area contributed by atoms with Crippen LogP contribution >= 0.6 is 0 Å². The monoisotopic (exact) mass is 224 g/mol. The van der Waals surface area contributed by atoms with Gasteiger partial charge in [-0.15, -0.1) is 0 Å². The quantitative estimate of drug-likeness (QED) is 0.757. The standard InChI is InChI=1S/C10H12N2O4/c1-10(2,3)16-9(15)7-4-6(8(13)14)11-5-12-7/h4-5H,1-3H3,(H,13,14). The summed E-state index contributed by atoms with van der Waals surface area (Å²) in [4.78, 5) is 29.3. The van der Waals surface area contributed by atoms with Crippen LogP contribution in [-0.4, -0.2) is 32.6 Å². The summed E-state index contributed by atoms with van der Waals surface area (Å²) in [6.07, 6.45) is 1.02. The predicted molar refractivity (Wildman–Crippen MR) is 54.2 cm³/mol. The second-order valence-corrected chi connectivity index (χ2v) is 4.10. The number of carbonyl (C=O) groups is 2. The van der Waals surface area contributed by atoms with Crippen LogP contribution in [0.1, 0.15) is 41.7 Å². The fraction of sp³-hybridized carbons (Fsp3) is 0.400. The molecule has 0 saturated carbocycles. The Hall–Kier alpha value is -1.98. The van der Waals surface area contributed by atoms with Crippen LogP contribution in [-0.2, 0) is 4.74 Å². The molecule has 1 N–H and O–H groups in total. The van der Waals surface area contributed by atoms with Crippen LogP contribution in [0.3, 0.4) is 0 Å². The molecule has 1 rings (SSSR count). The van der Waals surface area contributed by atoms with Gasteiger partial charge in [0.15, 0.2) is 11.4 Å². The molecule has 0 aromatic carbocycles. The highest BCUT2D eigenvalue weighted by molar-refractivity contribution is 5.91. The molecule has 6 nitrogen and oxygen atoms in total. The zero-order valence-electron chi connectivity index (χ0n) is 9.22. The highest BCUT2D eigenvalue weighted by Crippen LogP contribution is 2.10. The molecule has 0 radical (unpaired) electrons. The zero-order valence-corrected chi connectivity index (χ0v) is 9.22. The first kappa shape index (κ1) is 12.1. The normalized spacial score (nSPS) is 10.9. The second kappa shape index (κ2) is 4.26. The number of aromatic carboxylic acids is 1. The molecule has 0 amide bonds. The summed E-state index contributed by atoms with van der Waals surface area (Å²) in [7, 11) is 0. The molecule has 1 heterocycles. The van der Waals surface area contributed by atoms with Crippen molar-refractivity contribution < 1.29 is 19.4 Å². The van der Waals surface area contributed by atoms with Gasteiger partial charge < -0.3 is 9.84 Å². The van der Waals surface area contributed by atoms with Gasteiger partial charge >= 0.3 is 11.9 Å². The Balaban J connectivity index is 2.92. The van der Waals surface area contributed by atoms with E-state index in [0.29, 0.717) is 0 Å². The molecule has 0 aliphatic heterocycles. The molecule has 0 aliphatic carbocycles. The number of carboxylic acid groups (broad SMARTS) is 1. The minimum absolute atomic E-state index is 0.0673. The van der Waals surface area contributed by atoms with E-state index in [1.807, 2.05) is 0 Å². The van der Waals surface area contributed by atoms with E-state index in [1.54, 1.807) is 20.8 Å². The zero-order chi connectivity index (χ0) is 12.3. The minimum Gasteiger partial charge on any atom is -0.477 e.